The number of carbonyl (C=O) groups is 1. The Kier molecular flexibility index (Phi) is 5.69. The van der Waals surface area contributed by atoms with Crippen LogP contribution in [0.3, 0.4) is 0 Å². The molecule has 2 amide bonds. The van der Waals surface area contributed by atoms with Crippen molar-refractivity contribution in [2.45, 2.75) is 32.9 Å². The van der Waals surface area contributed by atoms with E-state index in [-0.39, 0.29) is 12.6 Å². The van der Waals surface area contributed by atoms with E-state index in [0.717, 1.165) is 17.1 Å². The minimum absolute atomic E-state index is 0.0813. The van der Waals surface area contributed by atoms with Gasteiger partial charge in [0.2, 0.25) is 0 Å². The van der Waals surface area contributed by atoms with Gasteiger partial charge in [-0.1, -0.05) is 0 Å². The van der Waals surface area contributed by atoms with Gasteiger partial charge in [-0.2, -0.15) is 0 Å². The highest BCUT2D eigenvalue weighted by Gasteiger charge is 2.28. The van der Waals surface area contributed by atoms with E-state index in [1.807, 2.05) is 38.1 Å². The van der Waals surface area contributed by atoms with Crippen LogP contribution in [0.4, 0.5) is 10.6 Å². The van der Waals surface area contributed by atoms with Crippen molar-refractivity contribution >= 4 is 11.8 Å². The molecule has 0 saturated carbocycles. The fraction of sp³-hybridized carbons (Fsp3) is 0.444. The molecule has 0 aliphatic rings. The maximum atomic E-state index is 12.0. The van der Waals surface area contributed by atoms with Gasteiger partial charge in [0.05, 0.1) is 6.54 Å². The predicted molar refractivity (Wildman–Crippen MR) is 96.6 cm³/mol. The van der Waals surface area contributed by atoms with Crippen LogP contribution in [0.15, 0.2) is 28.8 Å². The Morgan fingerprint density at radius 2 is 2.04 bits per heavy atom. The number of nitrogens with zero attached hydrogens (tertiary/aromatic N) is 2. The van der Waals surface area contributed by atoms with Gasteiger partial charge in [-0.25, -0.2) is 9.78 Å². The third-order valence-corrected chi connectivity index (χ3v) is 3.94. The van der Waals surface area contributed by atoms with Gasteiger partial charge in [0, 0.05) is 32.4 Å². The second kappa shape index (κ2) is 7.57. The van der Waals surface area contributed by atoms with Crippen LogP contribution in [-0.2, 0) is 12.1 Å². The van der Waals surface area contributed by atoms with E-state index in [9.17, 15) is 9.90 Å². The van der Waals surface area contributed by atoms with E-state index >= 15 is 0 Å². The van der Waals surface area contributed by atoms with Crippen molar-refractivity contribution in [1.29, 1.82) is 0 Å². The first-order valence-corrected chi connectivity index (χ1v) is 8.13. The van der Waals surface area contributed by atoms with Crippen molar-refractivity contribution in [3.05, 3.63) is 47.0 Å². The minimum atomic E-state index is -1.20. The third-order valence-electron chi connectivity index (χ3n) is 3.94. The second-order valence-electron chi connectivity index (χ2n) is 6.55. The number of pyridine rings is 1. The summed E-state index contributed by atoms with van der Waals surface area (Å²) in [5, 5.41) is 16.1. The molecule has 0 radical (unpaired) electrons. The lowest BCUT2D eigenvalue weighted by Gasteiger charge is -2.23. The van der Waals surface area contributed by atoms with Crippen LogP contribution < -0.4 is 15.5 Å². The highest BCUT2D eigenvalue weighted by Crippen LogP contribution is 2.26. The van der Waals surface area contributed by atoms with Gasteiger partial charge in [-0.3, -0.25) is 0 Å². The summed E-state index contributed by atoms with van der Waals surface area (Å²) < 4.78 is 5.45. The molecule has 0 aliphatic heterocycles. The number of aryl methyl sites for hydroxylation is 2. The first kappa shape index (κ1) is 18.8. The molecule has 2 rings (SSSR count). The molecule has 1 unspecified atom stereocenters. The Labute approximate surface area is 148 Å². The number of hydrogen-bond donors (Lipinski definition) is 3. The van der Waals surface area contributed by atoms with Gasteiger partial charge in [-0.15, -0.1) is 0 Å². The van der Waals surface area contributed by atoms with E-state index in [2.05, 4.69) is 15.6 Å². The number of rotatable bonds is 6. The van der Waals surface area contributed by atoms with Crippen molar-refractivity contribution in [1.82, 2.24) is 15.6 Å². The van der Waals surface area contributed by atoms with Crippen LogP contribution in [0.1, 0.15) is 29.6 Å². The molecule has 2 aromatic heterocycles. The average Bonchev–Trinajstić information content (AvgIpc) is 2.90. The lowest BCUT2D eigenvalue weighted by atomic mass is 9.96. The molecule has 1 atom stereocenters. The van der Waals surface area contributed by atoms with Crippen LogP contribution in [0.25, 0.3) is 0 Å². The van der Waals surface area contributed by atoms with Crippen LogP contribution >= 0.6 is 0 Å². The Balaban J connectivity index is 1.88. The lowest BCUT2D eigenvalue weighted by Crippen LogP contribution is -2.43. The van der Waals surface area contributed by atoms with Crippen LogP contribution in [0.5, 0.6) is 0 Å². The molecule has 7 heteroatoms. The summed E-state index contributed by atoms with van der Waals surface area (Å²) in [5.74, 6) is 2.21. The van der Waals surface area contributed by atoms with Gasteiger partial charge in [0.25, 0.3) is 0 Å². The molecule has 0 spiro atoms. The Hall–Kier alpha value is -2.54. The van der Waals surface area contributed by atoms with Crippen molar-refractivity contribution in [3.63, 3.8) is 0 Å². The molecule has 136 valence electrons. The standard InChI is InChI=1S/C18H26N4O3/c1-12-8-15(13(2)25-12)18(3,24)11-21-17(23)20-10-14-6-7-19-16(9-14)22(4)5/h6-9,24H,10-11H2,1-5H3,(H2,20,21,23). The molecule has 2 aromatic rings. The number of furan rings is 1. The van der Waals surface area contributed by atoms with Crippen LogP contribution in [-0.4, -0.2) is 36.8 Å². The quantitative estimate of drug-likeness (QED) is 0.745. The molecule has 0 saturated heterocycles. The van der Waals surface area contributed by atoms with Crippen molar-refractivity contribution in [2.75, 3.05) is 25.5 Å². The van der Waals surface area contributed by atoms with E-state index in [4.69, 9.17) is 4.42 Å². The number of aromatic nitrogens is 1. The molecule has 0 aliphatic carbocycles. The molecule has 0 fully saturated rings. The summed E-state index contributed by atoms with van der Waals surface area (Å²) >= 11 is 0. The summed E-state index contributed by atoms with van der Waals surface area (Å²) in [4.78, 5) is 18.2. The zero-order valence-electron chi connectivity index (χ0n) is 15.4. The van der Waals surface area contributed by atoms with Crippen LogP contribution in [0.2, 0.25) is 0 Å². The molecule has 0 bridgehead atoms. The smallest absolute Gasteiger partial charge is 0.315 e. The van der Waals surface area contributed by atoms with Crippen molar-refractivity contribution < 1.29 is 14.3 Å². The first-order valence-electron chi connectivity index (χ1n) is 8.13. The monoisotopic (exact) mass is 346 g/mol. The first-order chi connectivity index (χ1) is 11.7. The largest absolute Gasteiger partial charge is 0.466 e. The number of amides is 2. The lowest BCUT2D eigenvalue weighted by molar-refractivity contribution is 0.0579. The average molecular weight is 346 g/mol. The summed E-state index contributed by atoms with van der Waals surface area (Å²) in [5.41, 5.74) is 0.422. The highest BCUT2D eigenvalue weighted by molar-refractivity contribution is 5.74. The highest BCUT2D eigenvalue weighted by atomic mass is 16.3. The molecule has 2 heterocycles. The number of carbonyl (C=O) groups excluding carboxylic acids is 1. The van der Waals surface area contributed by atoms with E-state index < -0.39 is 5.60 Å². The maximum Gasteiger partial charge on any atom is 0.315 e. The zero-order chi connectivity index (χ0) is 18.6. The number of aliphatic hydroxyl groups is 1. The van der Waals surface area contributed by atoms with E-state index in [1.54, 1.807) is 26.1 Å². The third kappa shape index (κ3) is 4.96. The maximum absolute atomic E-state index is 12.0. The fourth-order valence-corrected chi connectivity index (χ4v) is 2.57. The second-order valence-corrected chi connectivity index (χ2v) is 6.55. The summed E-state index contributed by atoms with van der Waals surface area (Å²) in [6.07, 6.45) is 1.71. The Morgan fingerprint density at radius 1 is 1.32 bits per heavy atom. The van der Waals surface area contributed by atoms with Crippen molar-refractivity contribution in [3.8, 4) is 0 Å². The molecule has 7 nitrogen and oxygen atoms in total. The minimum Gasteiger partial charge on any atom is -0.466 e. The normalized spacial score (nSPS) is 13.2. The van der Waals surface area contributed by atoms with Gasteiger partial charge in [-0.05, 0) is 44.5 Å². The zero-order valence-corrected chi connectivity index (χ0v) is 15.4. The SMILES string of the molecule is Cc1cc(C(C)(O)CNC(=O)NCc2ccnc(N(C)C)c2)c(C)o1. The molecule has 3 N–H and O–H groups in total. The molecular formula is C18H26N4O3. The summed E-state index contributed by atoms with van der Waals surface area (Å²) in [6, 6.07) is 5.20. The number of nitrogens with one attached hydrogen (secondary N) is 2. The number of urea groups is 1. The fourth-order valence-electron chi connectivity index (χ4n) is 2.57. The summed E-state index contributed by atoms with van der Waals surface area (Å²) in [7, 11) is 3.82. The predicted octanol–water partition coefficient (Wildman–Crippen LogP) is 2.06. The van der Waals surface area contributed by atoms with Crippen LogP contribution in [0, 0.1) is 13.8 Å². The van der Waals surface area contributed by atoms with Gasteiger partial charge < -0.3 is 25.1 Å². The van der Waals surface area contributed by atoms with Gasteiger partial charge in [0.1, 0.15) is 22.9 Å². The van der Waals surface area contributed by atoms with Gasteiger partial charge >= 0.3 is 6.03 Å². The Morgan fingerprint density at radius 3 is 2.64 bits per heavy atom. The molecular weight excluding hydrogens is 320 g/mol. The van der Waals surface area contributed by atoms with Crippen molar-refractivity contribution in [2.24, 2.45) is 0 Å². The van der Waals surface area contributed by atoms with Gasteiger partial charge in [0.15, 0.2) is 0 Å². The number of anilines is 1. The van der Waals surface area contributed by atoms with E-state index in [1.165, 1.54) is 0 Å². The molecule has 0 aromatic carbocycles. The number of hydrogen-bond acceptors (Lipinski definition) is 5. The molecule has 25 heavy (non-hydrogen) atoms. The van der Waals surface area contributed by atoms with E-state index in [0.29, 0.717) is 17.9 Å². The Bertz CT molecular complexity index is 738. The summed E-state index contributed by atoms with van der Waals surface area (Å²) in [6.45, 7) is 5.72. The topological polar surface area (TPSA) is 90.6 Å².